The Kier molecular flexibility index (Phi) is 2.22. The molecule has 76 valence electrons. The summed E-state index contributed by atoms with van der Waals surface area (Å²) in [4.78, 5) is 11.7. The zero-order chi connectivity index (χ0) is 10.2. The van der Waals surface area contributed by atoms with Crippen LogP contribution in [0.5, 0.6) is 0 Å². The molecule has 3 heteroatoms. The van der Waals surface area contributed by atoms with Gasteiger partial charge in [-0.1, -0.05) is 6.92 Å². The number of rotatable bonds is 2. The summed E-state index contributed by atoms with van der Waals surface area (Å²) < 4.78 is 0. The first-order chi connectivity index (χ1) is 6.65. The molecule has 2 saturated carbocycles. The van der Waals surface area contributed by atoms with Gasteiger partial charge in [-0.15, -0.1) is 0 Å². The highest BCUT2D eigenvalue weighted by molar-refractivity contribution is 5.80. The van der Waals surface area contributed by atoms with Crippen molar-refractivity contribution in [2.45, 2.75) is 44.6 Å². The first-order valence-corrected chi connectivity index (χ1v) is 5.38. The second-order valence-electron chi connectivity index (χ2n) is 4.80. The maximum absolute atomic E-state index is 11.7. The van der Waals surface area contributed by atoms with E-state index >= 15 is 0 Å². The Morgan fingerprint density at radius 2 is 2.21 bits per heavy atom. The third-order valence-corrected chi connectivity index (χ3v) is 3.39. The van der Waals surface area contributed by atoms with Gasteiger partial charge in [-0.05, 0) is 38.0 Å². The maximum atomic E-state index is 11.7. The third kappa shape index (κ3) is 1.75. The predicted octanol–water partition coefficient (Wildman–Crippen LogP) is 1.59. The van der Waals surface area contributed by atoms with Crippen molar-refractivity contribution in [2.75, 3.05) is 0 Å². The van der Waals surface area contributed by atoms with Crippen LogP contribution in [0.25, 0.3) is 0 Å². The Morgan fingerprint density at radius 3 is 2.64 bits per heavy atom. The maximum Gasteiger partial charge on any atom is 0.224 e. The minimum absolute atomic E-state index is 0.105. The first kappa shape index (κ1) is 9.51. The fourth-order valence-corrected chi connectivity index (χ4v) is 2.17. The van der Waals surface area contributed by atoms with Crippen LogP contribution in [-0.4, -0.2) is 11.4 Å². The second-order valence-corrected chi connectivity index (χ2v) is 4.80. The zero-order valence-corrected chi connectivity index (χ0v) is 8.55. The quantitative estimate of drug-likeness (QED) is 0.722. The lowest BCUT2D eigenvalue weighted by atomic mass is 10.0. The van der Waals surface area contributed by atoms with Gasteiger partial charge in [0.15, 0.2) is 0 Å². The normalized spacial score (nSPS) is 33.4. The van der Waals surface area contributed by atoms with Gasteiger partial charge in [0, 0.05) is 5.92 Å². The van der Waals surface area contributed by atoms with Gasteiger partial charge in [-0.25, -0.2) is 0 Å². The Morgan fingerprint density at radius 1 is 1.50 bits per heavy atom. The standard InChI is InChI=1S/C11H16N2O/c1-8-2-3-9(6-8)10(14)13-11(7-12)4-5-11/h8-9H,2-6H2,1H3,(H,13,14). The van der Waals surface area contributed by atoms with E-state index in [1.165, 1.54) is 0 Å². The van der Waals surface area contributed by atoms with Gasteiger partial charge in [-0.3, -0.25) is 4.79 Å². The number of hydrogen-bond acceptors (Lipinski definition) is 2. The fraction of sp³-hybridized carbons (Fsp3) is 0.818. The lowest BCUT2D eigenvalue weighted by Gasteiger charge is -2.13. The molecule has 2 aliphatic carbocycles. The molecule has 2 unspecified atom stereocenters. The van der Waals surface area contributed by atoms with Gasteiger partial charge >= 0.3 is 0 Å². The minimum Gasteiger partial charge on any atom is -0.338 e. The van der Waals surface area contributed by atoms with Gasteiger partial charge in [0.2, 0.25) is 5.91 Å². The number of carbonyl (C=O) groups is 1. The molecule has 1 amide bonds. The van der Waals surface area contributed by atoms with Crippen LogP contribution in [0.3, 0.4) is 0 Å². The Hall–Kier alpha value is -1.04. The van der Waals surface area contributed by atoms with Crippen molar-refractivity contribution < 1.29 is 4.79 Å². The average molecular weight is 192 g/mol. The largest absolute Gasteiger partial charge is 0.338 e. The fourth-order valence-electron chi connectivity index (χ4n) is 2.17. The molecule has 14 heavy (non-hydrogen) atoms. The average Bonchev–Trinajstić information content (AvgIpc) is 2.80. The Balaban J connectivity index is 1.88. The summed E-state index contributed by atoms with van der Waals surface area (Å²) in [6.07, 6.45) is 4.80. The van der Waals surface area contributed by atoms with Crippen molar-refractivity contribution in [3.63, 3.8) is 0 Å². The second kappa shape index (κ2) is 3.27. The molecule has 2 atom stereocenters. The molecule has 0 radical (unpaired) electrons. The van der Waals surface area contributed by atoms with Crippen molar-refractivity contribution >= 4 is 5.91 Å². The lowest BCUT2D eigenvalue weighted by Crippen LogP contribution is -2.39. The highest BCUT2D eigenvalue weighted by Crippen LogP contribution is 2.36. The van der Waals surface area contributed by atoms with E-state index in [1.807, 2.05) is 0 Å². The van der Waals surface area contributed by atoms with E-state index in [0.717, 1.165) is 32.1 Å². The van der Waals surface area contributed by atoms with E-state index in [1.54, 1.807) is 0 Å². The van der Waals surface area contributed by atoms with E-state index in [4.69, 9.17) is 5.26 Å². The van der Waals surface area contributed by atoms with Crippen molar-refractivity contribution in [3.05, 3.63) is 0 Å². The van der Waals surface area contributed by atoms with E-state index in [-0.39, 0.29) is 11.8 Å². The van der Waals surface area contributed by atoms with E-state index in [9.17, 15) is 4.79 Å². The van der Waals surface area contributed by atoms with Crippen LogP contribution in [0.1, 0.15) is 39.0 Å². The summed E-state index contributed by atoms with van der Waals surface area (Å²) in [5, 5.41) is 11.7. The van der Waals surface area contributed by atoms with Crippen LogP contribution in [0.4, 0.5) is 0 Å². The number of nitrogens with one attached hydrogen (secondary N) is 1. The molecule has 0 spiro atoms. The molecule has 3 nitrogen and oxygen atoms in total. The van der Waals surface area contributed by atoms with Crippen LogP contribution in [0.15, 0.2) is 0 Å². The molecule has 0 saturated heterocycles. The summed E-state index contributed by atoms with van der Waals surface area (Å²) in [5.74, 6) is 0.937. The molecule has 2 rings (SSSR count). The molecule has 2 aliphatic rings. The van der Waals surface area contributed by atoms with Crippen LogP contribution >= 0.6 is 0 Å². The Labute approximate surface area is 84.5 Å². The van der Waals surface area contributed by atoms with Gasteiger partial charge in [0.05, 0.1) is 6.07 Å². The van der Waals surface area contributed by atoms with Crippen LogP contribution in [0.2, 0.25) is 0 Å². The van der Waals surface area contributed by atoms with Crippen LogP contribution in [0, 0.1) is 23.2 Å². The molecular formula is C11H16N2O. The molecular weight excluding hydrogens is 176 g/mol. The summed E-state index contributed by atoms with van der Waals surface area (Å²) >= 11 is 0. The summed E-state index contributed by atoms with van der Waals surface area (Å²) in [6.45, 7) is 2.18. The smallest absolute Gasteiger partial charge is 0.224 e. The monoisotopic (exact) mass is 192 g/mol. The molecule has 1 N–H and O–H groups in total. The number of nitriles is 1. The van der Waals surface area contributed by atoms with Gasteiger partial charge in [0.25, 0.3) is 0 Å². The zero-order valence-electron chi connectivity index (χ0n) is 8.55. The number of carbonyl (C=O) groups excluding carboxylic acids is 1. The highest BCUT2D eigenvalue weighted by Gasteiger charge is 2.45. The van der Waals surface area contributed by atoms with Gasteiger partial charge in [-0.2, -0.15) is 5.26 Å². The molecule has 0 aliphatic heterocycles. The first-order valence-electron chi connectivity index (χ1n) is 5.38. The number of hydrogen-bond donors (Lipinski definition) is 1. The van der Waals surface area contributed by atoms with Crippen molar-refractivity contribution in [2.24, 2.45) is 11.8 Å². The molecule has 0 bridgehead atoms. The minimum atomic E-state index is -0.483. The van der Waals surface area contributed by atoms with Gasteiger partial charge < -0.3 is 5.32 Å². The molecule has 2 fully saturated rings. The van der Waals surface area contributed by atoms with Crippen molar-refractivity contribution in [3.8, 4) is 6.07 Å². The summed E-state index contributed by atoms with van der Waals surface area (Å²) in [7, 11) is 0. The SMILES string of the molecule is CC1CCC(C(=O)NC2(C#N)CC2)C1. The molecule has 0 aromatic heterocycles. The molecule has 0 aromatic carbocycles. The number of nitrogens with zero attached hydrogens (tertiary/aromatic N) is 1. The van der Waals surface area contributed by atoms with Crippen molar-refractivity contribution in [1.29, 1.82) is 5.26 Å². The predicted molar refractivity (Wildman–Crippen MR) is 52.2 cm³/mol. The van der Waals surface area contributed by atoms with E-state index in [0.29, 0.717) is 5.92 Å². The lowest BCUT2D eigenvalue weighted by molar-refractivity contribution is -0.125. The Bertz CT molecular complexity index is 288. The molecule has 0 aromatic rings. The third-order valence-electron chi connectivity index (χ3n) is 3.39. The van der Waals surface area contributed by atoms with E-state index < -0.39 is 5.54 Å². The van der Waals surface area contributed by atoms with E-state index in [2.05, 4.69) is 18.3 Å². The number of amides is 1. The highest BCUT2D eigenvalue weighted by atomic mass is 16.2. The summed E-state index contributed by atoms with van der Waals surface area (Å²) in [5.41, 5.74) is -0.483. The van der Waals surface area contributed by atoms with Crippen LogP contribution in [-0.2, 0) is 4.79 Å². The topological polar surface area (TPSA) is 52.9 Å². The molecule has 0 heterocycles. The van der Waals surface area contributed by atoms with Crippen LogP contribution < -0.4 is 5.32 Å². The van der Waals surface area contributed by atoms with Crippen molar-refractivity contribution in [1.82, 2.24) is 5.32 Å². The van der Waals surface area contributed by atoms with Gasteiger partial charge in [0.1, 0.15) is 5.54 Å². The summed E-state index contributed by atoms with van der Waals surface area (Å²) in [6, 6.07) is 2.19.